The number of ether oxygens (including phenoxy) is 2. The van der Waals surface area contributed by atoms with Gasteiger partial charge in [-0.25, -0.2) is 4.79 Å². The van der Waals surface area contributed by atoms with Crippen molar-refractivity contribution in [2.24, 2.45) is 0 Å². The maximum atomic E-state index is 12.1. The van der Waals surface area contributed by atoms with Crippen LogP contribution < -0.4 is 10.1 Å². The Labute approximate surface area is 123 Å². The molecule has 21 heavy (non-hydrogen) atoms. The molecule has 6 nitrogen and oxygen atoms in total. The lowest BCUT2D eigenvalue weighted by molar-refractivity contribution is -0.129. The molecule has 0 unspecified atom stereocenters. The van der Waals surface area contributed by atoms with Gasteiger partial charge in [-0.05, 0) is 37.5 Å². The molecule has 0 atom stereocenters. The standard InChI is InChI=1S/C15H19NO5/c1-20-10-4-5-12(11(8-10)14(18)19)16-13(17)9-15(21-2)6-3-7-15/h4-5,8H,3,6-7,9H2,1-2H3,(H,16,17)(H,18,19). The van der Waals surface area contributed by atoms with Gasteiger partial charge in [0, 0.05) is 7.11 Å². The van der Waals surface area contributed by atoms with Crippen molar-refractivity contribution in [2.75, 3.05) is 19.5 Å². The van der Waals surface area contributed by atoms with Crippen LogP contribution in [-0.4, -0.2) is 36.8 Å². The largest absolute Gasteiger partial charge is 0.497 e. The number of benzene rings is 1. The minimum Gasteiger partial charge on any atom is -0.497 e. The van der Waals surface area contributed by atoms with Crippen LogP contribution in [0, 0.1) is 0 Å². The number of amides is 1. The molecule has 0 radical (unpaired) electrons. The Balaban J connectivity index is 2.11. The van der Waals surface area contributed by atoms with Crippen LogP contribution in [0.3, 0.4) is 0 Å². The third-order valence-electron chi connectivity index (χ3n) is 3.91. The SMILES string of the molecule is COc1ccc(NC(=O)CC2(OC)CCC2)c(C(=O)O)c1. The molecule has 0 bridgehead atoms. The van der Waals surface area contributed by atoms with Crippen molar-refractivity contribution in [1.29, 1.82) is 0 Å². The number of aromatic carboxylic acids is 1. The second-order valence-corrected chi connectivity index (χ2v) is 5.18. The van der Waals surface area contributed by atoms with Gasteiger partial charge in [-0.15, -0.1) is 0 Å². The molecular weight excluding hydrogens is 274 g/mol. The number of rotatable bonds is 6. The predicted molar refractivity (Wildman–Crippen MR) is 76.8 cm³/mol. The van der Waals surface area contributed by atoms with E-state index in [0.717, 1.165) is 19.3 Å². The van der Waals surface area contributed by atoms with Crippen LogP contribution in [0.2, 0.25) is 0 Å². The summed E-state index contributed by atoms with van der Waals surface area (Å²) in [7, 11) is 3.06. The van der Waals surface area contributed by atoms with E-state index in [1.807, 2.05) is 0 Å². The van der Waals surface area contributed by atoms with Crippen molar-refractivity contribution in [3.63, 3.8) is 0 Å². The van der Waals surface area contributed by atoms with Crippen molar-refractivity contribution in [1.82, 2.24) is 0 Å². The minimum absolute atomic E-state index is 0.00257. The predicted octanol–water partition coefficient (Wildman–Crippen LogP) is 2.29. The molecule has 1 aliphatic rings. The zero-order valence-corrected chi connectivity index (χ0v) is 12.1. The van der Waals surface area contributed by atoms with Crippen molar-refractivity contribution in [3.05, 3.63) is 23.8 Å². The van der Waals surface area contributed by atoms with Crippen LogP contribution in [0.4, 0.5) is 5.69 Å². The average molecular weight is 293 g/mol. The summed E-state index contributed by atoms with van der Waals surface area (Å²) >= 11 is 0. The van der Waals surface area contributed by atoms with Gasteiger partial charge < -0.3 is 19.9 Å². The number of nitrogens with one attached hydrogen (secondary N) is 1. The summed E-state index contributed by atoms with van der Waals surface area (Å²) in [6, 6.07) is 4.52. The molecule has 0 spiro atoms. The van der Waals surface area contributed by atoms with Crippen LogP contribution in [0.1, 0.15) is 36.0 Å². The fourth-order valence-electron chi connectivity index (χ4n) is 2.45. The summed E-state index contributed by atoms with van der Waals surface area (Å²) in [5.41, 5.74) is -0.124. The second-order valence-electron chi connectivity index (χ2n) is 5.18. The molecule has 0 aromatic heterocycles. The van der Waals surface area contributed by atoms with Crippen LogP contribution >= 0.6 is 0 Å². The van der Waals surface area contributed by atoms with E-state index >= 15 is 0 Å². The molecule has 1 aromatic carbocycles. The van der Waals surface area contributed by atoms with Gasteiger partial charge in [0.1, 0.15) is 5.75 Å². The lowest BCUT2D eigenvalue weighted by atomic mass is 9.77. The molecule has 114 valence electrons. The Hall–Kier alpha value is -2.08. The van der Waals surface area contributed by atoms with Gasteiger partial charge in [0.15, 0.2) is 0 Å². The maximum absolute atomic E-state index is 12.1. The summed E-state index contributed by atoms with van der Waals surface area (Å²) in [6.07, 6.45) is 2.98. The van der Waals surface area contributed by atoms with Crippen molar-refractivity contribution in [2.45, 2.75) is 31.3 Å². The fraction of sp³-hybridized carbons (Fsp3) is 0.467. The Morgan fingerprint density at radius 3 is 2.52 bits per heavy atom. The fourth-order valence-corrected chi connectivity index (χ4v) is 2.45. The van der Waals surface area contributed by atoms with E-state index in [1.165, 1.54) is 19.2 Å². The number of carbonyl (C=O) groups excluding carboxylic acids is 1. The molecule has 0 heterocycles. The quantitative estimate of drug-likeness (QED) is 0.840. The van der Waals surface area contributed by atoms with E-state index in [-0.39, 0.29) is 29.2 Å². The molecule has 1 fully saturated rings. The van der Waals surface area contributed by atoms with Gasteiger partial charge in [0.2, 0.25) is 5.91 Å². The first kappa shape index (κ1) is 15.3. The van der Waals surface area contributed by atoms with E-state index in [1.54, 1.807) is 13.2 Å². The Kier molecular flexibility index (Phi) is 4.47. The second kappa shape index (κ2) is 6.13. The summed E-state index contributed by atoms with van der Waals surface area (Å²) in [4.78, 5) is 23.3. The van der Waals surface area contributed by atoms with Gasteiger partial charge in [0.05, 0.1) is 30.4 Å². The molecular formula is C15H19NO5. The highest BCUT2D eigenvalue weighted by Crippen LogP contribution is 2.38. The van der Waals surface area contributed by atoms with E-state index in [2.05, 4.69) is 5.32 Å². The van der Waals surface area contributed by atoms with Crippen molar-refractivity contribution < 1.29 is 24.2 Å². The molecule has 2 N–H and O–H groups in total. The highest BCUT2D eigenvalue weighted by molar-refractivity contribution is 6.01. The highest BCUT2D eigenvalue weighted by Gasteiger charge is 2.39. The maximum Gasteiger partial charge on any atom is 0.337 e. The van der Waals surface area contributed by atoms with Gasteiger partial charge in [-0.2, -0.15) is 0 Å². The normalized spacial score (nSPS) is 15.9. The highest BCUT2D eigenvalue weighted by atomic mass is 16.5. The number of carboxylic acid groups (broad SMARTS) is 1. The topological polar surface area (TPSA) is 84.9 Å². The van der Waals surface area contributed by atoms with E-state index in [4.69, 9.17) is 9.47 Å². The van der Waals surface area contributed by atoms with Gasteiger partial charge in [-0.3, -0.25) is 4.79 Å². The average Bonchev–Trinajstić information content (AvgIpc) is 2.43. The molecule has 1 aliphatic carbocycles. The molecule has 2 rings (SSSR count). The van der Waals surface area contributed by atoms with Crippen molar-refractivity contribution >= 4 is 17.6 Å². The summed E-state index contributed by atoms with van der Waals surface area (Å²) in [6.45, 7) is 0. The molecule has 0 saturated heterocycles. The number of hydrogen-bond donors (Lipinski definition) is 2. The van der Waals surface area contributed by atoms with E-state index in [9.17, 15) is 14.7 Å². The summed E-state index contributed by atoms with van der Waals surface area (Å²) < 4.78 is 10.4. The smallest absolute Gasteiger partial charge is 0.337 e. The monoisotopic (exact) mass is 293 g/mol. The Morgan fingerprint density at radius 1 is 1.33 bits per heavy atom. The first-order valence-corrected chi connectivity index (χ1v) is 6.76. The van der Waals surface area contributed by atoms with Gasteiger partial charge in [0.25, 0.3) is 0 Å². The van der Waals surface area contributed by atoms with Crippen molar-refractivity contribution in [3.8, 4) is 5.75 Å². The summed E-state index contributed by atoms with van der Waals surface area (Å²) in [5, 5.41) is 11.8. The molecule has 1 amide bonds. The number of hydrogen-bond acceptors (Lipinski definition) is 4. The molecule has 1 saturated carbocycles. The third kappa shape index (κ3) is 3.33. The van der Waals surface area contributed by atoms with E-state index < -0.39 is 5.97 Å². The minimum atomic E-state index is -1.12. The zero-order valence-electron chi connectivity index (χ0n) is 12.1. The lowest BCUT2D eigenvalue weighted by Crippen LogP contribution is -2.42. The number of carbonyl (C=O) groups is 2. The van der Waals surface area contributed by atoms with Crippen LogP contribution in [0.15, 0.2) is 18.2 Å². The third-order valence-corrected chi connectivity index (χ3v) is 3.91. The van der Waals surface area contributed by atoms with Crippen LogP contribution in [0.5, 0.6) is 5.75 Å². The zero-order chi connectivity index (χ0) is 15.5. The van der Waals surface area contributed by atoms with Crippen LogP contribution in [0.25, 0.3) is 0 Å². The molecule has 1 aromatic rings. The number of methoxy groups -OCH3 is 2. The van der Waals surface area contributed by atoms with Gasteiger partial charge >= 0.3 is 5.97 Å². The number of anilines is 1. The first-order chi connectivity index (χ1) is 9.99. The lowest BCUT2D eigenvalue weighted by Gasteiger charge is -2.39. The molecule has 0 aliphatic heterocycles. The van der Waals surface area contributed by atoms with E-state index in [0.29, 0.717) is 5.75 Å². The number of carboxylic acids is 1. The van der Waals surface area contributed by atoms with Crippen LogP contribution in [-0.2, 0) is 9.53 Å². The first-order valence-electron chi connectivity index (χ1n) is 6.76. The Morgan fingerprint density at radius 2 is 2.05 bits per heavy atom. The molecule has 6 heteroatoms. The summed E-state index contributed by atoms with van der Waals surface area (Å²) in [5.74, 6) is -0.934. The van der Waals surface area contributed by atoms with Gasteiger partial charge in [-0.1, -0.05) is 0 Å². The Bertz CT molecular complexity index is 545.